The molecule has 2 saturated carbocycles. The Morgan fingerprint density at radius 2 is 1.72 bits per heavy atom. The number of anilines is 1. The van der Waals surface area contributed by atoms with Crippen molar-refractivity contribution in [2.45, 2.75) is 97.6 Å². The van der Waals surface area contributed by atoms with Gasteiger partial charge in [0.05, 0.1) is 6.10 Å². The Kier molecular flexibility index (Phi) is 7.86. The first kappa shape index (κ1) is 26.7. The molecule has 194 valence electrons. The van der Waals surface area contributed by atoms with Gasteiger partial charge in [0.1, 0.15) is 0 Å². The van der Waals surface area contributed by atoms with Crippen LogP contribution in [0.1, 0.15) is 91.0 Å². The first-order valence-corrected chi connectivity index (χ1v) is 14.0. The highest BCUT2D eigenvalue weighted by Gasteiger charge is 2.56. The van der Waals surface area contributed by atoms with Crippen LogP contribution in [0.15, 0.2) is 47.1 Å². The van der Waals surface area contributed by atoms with Gasteiger partial charge < -0.3 is 10.0 Å². The van der Waals surface area contributed by atoms with Crippen LogP contribution in [-0.4, -0.2) is 30.1 Å². The van der Waals surface area contributed by atoms with E-state index in [-0.39, 0.29) is 11.5 Å². The average molecular weight is 488 g/mol. The van der Waals surface area contributed by atoms with Crippen LogP contribution in [0.25, 0.3) is 0 Å². The van der Waals surface area contributed by atoms with Gasteiger partial charge in [0.25, 0.3) is 0 Å². The standard InChI is InChI=1S/C28H37NO2.C5H8/c1-17(2)29(4)20-8-5-18(6-9-20)24-16-28(3)25(13-14-26(28)31)23-11-7-19-15-21(30)10-12-22(19)27(23)24;1-4-5(2)3/h5-6,8-9,15,17,23-26,31H,7,10-14,16H2,1-4H3;1,5H,2-3H3. The maximum Gasteiger partial charge on any atom is 0.156 e. The Morgan fingerprint density at radius 3 is 2.33 bits per heavy atom. The second-order valence-corrected chi connectivity index (χ2v) is 12.3. The number of hydrogen-bond donors (Lipinski definition) is 1. The summed E-state index contributed by atoms with van der Waals surface area (Å²) in [6.45, 7) is 10.8. The third kappa shape index (κ3) is 4.95. The fourth-order valence-electron chi connectivity index (χ4n) is 7.17. The highest BCUT2D eigenvalue weighted by atomic mass is 16.3. The van der Waals surface area contributed by atoms with Gasteiger partial charge >= 0.3 is 0 Å². The summed E-state index contributed by atoms with van der Waals surface area (Å²) in [6.07, 6.45) is 13.5. The molecule has 36 heavy (non-hydrogen) atoms. The normalized spacial score (nSPS) is 31.1. The summed E-state index contributed by atoms with van der Waals surface area (Å²) in [5.74, 6) is 4.72. The number of nitrogens with zero attached hydrogens (tertiary/aromatic N) is 1. The van der Waals surface area contributed by atoms with Crippen molar-refractivity contribution in [1.29, 1.82) is 0 Å². The fraction of sp³-hybridized carbons (Fsp3) is 0.606. The van der Waals surface area contributed by atoms with E-state index in [9.17, 15) is 9.90 Å². The van der Waals surface area contributed by atoms with Crippen LogP contribution in [0.5, 0.6) is 0 Å². The Morgan fingerprint density at radius 1 is 1.06 bits per heavy atom. The van der Waals surface area contributed by atoms with Crippen molar-refractivity contribution in [3.8, 4) is 12.3 Å². The Labute approximate surface area is 219 Å². The van der Waals surface area contributed by atoms with Gasteiger partial charge in [-0.1, -0.05) is 38.5 Å². The van der Waals surface area contributed by atoms with Crippen LogP contribution in [0, 0.1) is 35.5 Å². The second-order valence-electron chi connectivity index (χ2n) is 12.3. The summed E-state index contributed by atoms with van der Waals surface area (Å²) in [4.78, 5) is 14.4. The number of carbonyl (C=O) groups excluding carboxylic acids is 1. The molecule has 0 spiro atoms. The van der Waals surface area contributed by atoms with E-state index in [0.29, 0.717) is 41.9 Å². The molecule has 1 N–H and O–H groups in total. The van der Waals surface area contributed by atoms with E-state index in [2.05, 4.69) is 62.9 Å². The molecule has 0 amide bonds. The predicted molar refractivity (Wildman–Crippen MR) is 150 cm³/mol. The summed E-state index contributed by atoms with van der Waals surface area (Å²) < 4.78 is 0. The number of benzene rings is 1. The topological polar surface area (TPSA) is 40.5 Å². The van der Waals surface area contributed by atoms with Crippen LogP contribution in [-0.2, 0) is 4.79 Å². The molecular weight excluding hydrogens is 442 g/mol. The maximum absolute atomic E-state index is 12.1. The van der Waals surface area contributed by atoms with E-state index in [1.165, 1.54) is 22.4 Å². The third-order valence-electron chi connectivity index (χ3n) is 9.49. The van der Waals surface area contributed by atoms with Crippen LogP contribution in [0.4, 0.5) is 5.69 Å². The van der Waals surface area contributed by atoms with Crippen molar-refractivity contribution >= 4 is 11.5 Å². The zero-order valence-corrected chi connectivity index (χ0v) is 23.2. The molecule has 5 atom stereocenters. The highest BCUT2D eigenvalue weighted by Crippen LogP contribution is 2.63. The van der Waals surface area contributed by atoms with Gasteiger partial charge in [0, 0.05) is 37.0 Å². The number of hydrogen-bond acceptors (Lipinski definition) is 3. The monoisotopic (exact) mass is 487 g/mol. The van der Waals surface area contributed by atoms with Crippen molar-refractivity contribution < 1.29 is 9.90 Å². The molecule has 0 saturated heterocycles. The molecule has 0 bridgehead atoms. The number of aliphatic hydroxyl groups is 1. The van der Waals surface area contributed by atoms with Gasteiger partial charge in [-0.15, -0.1) is 12.3 Å². The zero-order chi connectivity index (χ0) is 26.2. The second kappa shape index (κ2) is 10.6. The van der Waals surface area contributed by atoms with E-state index in [1.807, 2.05) is 19.9 Å². The SMILES string of the molecule is C#CC(C)C.CC(C)N(C)c1ccc(C2CC3(C)C(O)CCC3C3CCC4=CC(=O)CCC4=C23)cc1. The molecule has 5 unspecified atom stereocenters. The number of fused-ring (bicyclic) bond motifs is 4. The molecule has 0 aromatic heterocycles. The Bertz CT molecular complexity index is 1070. The van der Waals surface area contributed by atoms with Gasteiger partial charge in [-0.3, -0.25) is 4.79 Å². The number of carbonyl (C=O) groups is 1. The van der Waals surface area contributed by atoms with Gasteiger partial charge in [-0.25, -0.2) is 0 Å². The first-order chi connectivity index (χ1) is 17.1. The highest BCUT2D eigenvalue weighted by molar-refractivity contribution is 5.93. The number of aliphatic hydroxyl groups excluding tert-OH is 1. The molecule has 3 nitrogen and oxygen atoms in total. The van der Waals surface area contributed by atoms with Gasteiger partial charge in [0.2, 0.25) is 0 Å². The van der Waals surface area contributed by atoms with Crippen LogP contribution in [0.2, 0.25) is 0 Å². The summed E-state index contributed by atoms with van der Waals surface area (Å²) in [6, 6.07) is 9.63. The lowest BCUT2D eigenvalue weighted by molar-refractivity contribution is -0.114. The summed E-state index contributed by atoms with van der Waals surface area (Å²) >= 11 is 0. The number of terminal acetylenes is 1. The molecule has 2 fully saturated rings. The number of rotatable bonds is 3. The zero-order valence-electron chi connectivity index (χ0n) is 23.2. The third-order valence-corrected chi connectivity index (χ3v) is 9.49. The van der Waals surface area contributed by atoms with Gasteiger partial charge in [-0.05, 0) is 105 Å². The number of ketones is 1. The minimum atomic E-state index is -0.192. The molecule has 0 aliphatic heterocycles. The summed E-state index contributed by atoms with van der Waals surface area (Å²) in [5.41, 5.74) is 7.05. The molecule has 4 aliphatic rings. The van der Waals surface area contributed by atoms with E-state index in [4.69, 9.17) is 6.42 Å². The molecule has 1 aromatic rings. The smallest absolute Gasteiger partial charge is 0.156 e. The van der Waals surface area contributed by atoms with Crippen molar-refractivity contribution in [1.82, 2.24) is 0 Å². The van der Waals surface area contributed by atoms with E-state index < -0.39 is 0 Å². The molecule has 5 rings (SSSR count). The summed E-state index contributed by atoms with van der Waals surface area (Å²) in [7, 11) is 2.15. The number of allylic oxidation sites excluding steroid dienone is 4. The van der Waals surface area contributed by atoms with Crippen molar-refractivity contribution in [2.75, 3.05) is 11.9 Å². The van der Waals surface area contributed by atoms with Crippen LogP contribution >= 0.6 is 0 Å². The minimum absolute atomic E-state index is 0.00150. The lowest BCUT2D eigenvalue weighted by Gasteiger charge is -2.52. The average Bonchev–Trinajstić information content (AvgIpc) is 3.17. The fourth-order valence-corrected chi connectivity index (χ4v) is 7.17. The predicted octanol–water partition coefficient (Wildman–Crippen LogP) is 7.07. The Hall–Kier alpha value is -2.31. The first-order valence-electron chi connectivity index (χ1n) is 14.0. The molecule has 0 heterocycles. The lowest BCUT2D eigenvalue weighted by Crippen LogP contribution is -2.45. The van der Waals surface area contributed by atoms with Crippen molar-refractivity contribution in [3.05, 3.63) is 52.6 Å². The minimum Gasteiger partial charge on any atom is -0.393 e. The molecule has 0 radical (unpaired) electrons. The van der Waals surface area contributed by atoms with E-state index in [1.54, 1.807) is 5.57 Å². The van der Waals surface area contributed by atoms with Crippen molar-refractivity contribution in [3.63, 3.8) is 0 Å². The van der Waals surface area contributed by atoms with Crippen LogP contribution in [0.3, 0.4) is 0 Å². The maximum atomic E-state index is 12.1. The largest absolute Gasteiger partial charge is 0.393 e. The molecule has 4 aliphatic carbocycles. The molecular formula is C33H45NO2. The lowest BCUT2D eigenvalue weighted by atomic mass is 9.53. The molecule has 1 aromatic carbocycles. The van der Waals surface area contributed by atoms with Gasteiger partial charge in [0.15, 0.2) is 5.78 Å². The molecule has 3 heteroatoms. The quantitative estimate of drug-likeness (QED) is 0.464. The van der Waals surface area contributed by atoms with Crippen molar-refractivity contribution in [2.24, 2.45) is 23.2 Å². The van der Waals surface area contributed by atoms with E-state index >= 15 is 0 Å². The summed E-state index contributed by atoms with van der Waals surface area (Å²) in [5, 5.41) is 11.0. The van der Waals surface area contributed by atoms with E-state index in [0.717, 1.165) is 38.5 Å². The van der Waals surface area contributed by atoms with Crippen LogP contribution < -0.4 is 4.90 Å². The Balaban J connectivity index is 0.000000556. The van der Waals surface area contributed by atoms with Gasteiger partial charge in [-0.2, -0.15) is 0 Å².